The van der Waals surface area contributed by atoms with E-state index >= 15 is 0 Å². The van der Waals surface area contributed by atoms with E-state index in [1.54, 1.807) is 37.4 Å². The molecule has 4 aromatic rings. The van der Waals surface area contributed by atoms with Crippen LogP contribution in [0.5, 0.6) is 0 Å². The molecule has 0 spiro atoms. The van der Waals surface area contributed by atoms with E-state index in [0.717, 1.165) is 16.7 Å². The second-order valence-electron chi connectivity index (χ2n) is 9.53. The Labute approximate surface area is 215 Å². The minimum absolute atomic E-state index is 0.0861. The molecule has 4 rings (SSSR count). The van der Waals surface area contributed by atoms with Crippen molar-refractivity contribution in [3.63, 3.8) is 0 Å². The molecular weight excluding hydrogens is 499 g/mol. The van der Waals surface area contributed by atoms with E-state index in [1.165, 1.54) is 29.1 Å². The summed E-state index contributed by atoms with van der Waals surface area (Å²) in [4.78, 5) is 41.1. The molecular formula is C28H24F3N3O4. The summed E-state index contributed by atoms with van der Waals surface area (Å²) in [5.41, 5.74) is 1.19. The zero-order valence-electron chi connectivity index (χ0n) is 20.5. The second kappa shape index (κ2) is 10.1. The third kappa shape index (κ3) is 5.74. The zero-order chi connectivity index (χ0) is 27.7. The molecule has 2 N–H and O–H groups in total. The van der Waals surface area contributed by atoms with Gasteiger partial charge in [0.2, 0.25) is 5.43 Å². The number of alkyl halides is 3. The Bertz CT molecular complexity index is 1580. The maximum absolute atomic E-state index is 12.9. The molecule has 2 heterocycles. The van der Waals surface area contributed by atoms with Gasteiger partial charge in [0.05, 0.1) is 10.8 Å². The first-order chi connectivity index (χ1) is 17.9. The predicted molar refractivity (Wildman–Crippen MR) is 136 cm³/mol. The van der Waals surface area contributed by atoms with Crippen molar-refractivity contribution in [2.75, 3.05) is 6.54 Å². The number of nitrogens with zero attached hydrogens (tertiary/aromatic N) is 2. The van der Waals surface area contributed by atoms with Gasteiger partial charge in [-0.1, -0.05) is 36.4 Å². The summed E-state index contributed by atoms with van der Waals surface area (Å²) in [6.45, 7) is 1.76. The summed E-state index contributed by atoms with van der Waals surface area (Å²) in [6.07, 6.45) is -1.60. The van der Waals surface area contributed by atoms with Gasteiger partial charge in [0.1, 0.15) is 17.8 Å². The number of benzene rings is 2. The van der Waals surface area contributed by atoms with Gasteiger partial charge in [-0.3, -0.25) is 14.4 Å². The number of hydrogen-bond acceptors (Lipinski definition) is 4. The number of nitrogens with one attached hydrogen (secondary N) is 1. The van der Waals surface area contributed by atoms with E-state index in [2.05, 4.69) is 4.98 Å². The van der Waals surface area contributed by atoms with Crippen LogP contribution in [0.25, 0.3) is 27.8 Å². The number of hydrogen-bond donors (Lipinski definition) is 2. The molecule has 196 valence electrons. The minimum atomic E-state index is -4.62. The highest BCUT2D eigenvalue weighted by Crippen LogP contribution is 2.27. The van der Waals surface area contributed by atoms with Crippen LogP contribution in [-0.2, 0) is 11.2 Å². The highest BCUT2D eigenvalue weighted by Gasteiger charge is 2.29. The standard InChI is InChI=1S/C28H24F3N3O4/c1-27(2,26(37)38)14-17-8-10-18(11-9-17)19-5-3-6-20(13-19)34-15-22(25(36)33-16-28(29,30)31)23(35)21-7-4-12-32-24(21)34/h3-13,15H,14,16H2,1-2H3,(H,33,36)(H,37,38). The van der Waals surface area contributed by atoms with Crippen molar-refractivity contribution in [3.05, 3.63) is 94.4 Å². The van der Waals surface area contributed by atoms with Gasteiger partial charge in [-0.25, -0.2) is 4.98 Å². The fourth-order valence-corrected chi connectivity index (χ4v) is 4.03. The maximum Gasteiger partial charge on any atom is 0.405 e. The van der Waals surface area contributed by atoms with Crippen molar-refractivity contribution in [3.8, 4) is 16.8 Å². The molecule has 0 radical (unpaired) electrons. The number of aromatic nitrogens is 2. The highest BCUT2D eigenvalue weighted by atomic mass is 19.4. The molecule has 0 bridgehead atoms. The first kappa shape index (κ1) is 26.6. The number of aliphatic carboxylic acids is 1. The lowest BCUT2D eigenvalue weighted by Crippen LogP contribution is -2.36. The lowest BCUT2D eigenvalue weighted by Gasteiger charge is -2.19. The molecule has 0 saturated carbocycles. The number of carboxylic acid groups (broad SMARTS) is 1. The molecule has 0 aliphatic carbocycles. The van der Waals surface area contributed by atoms with Gasteiger partial charge in [-0.05, 0) is 61.2 Å². The topological polar surface area (TPSA) is 101 Å². The summed E-state index contributed by atoms with van der Waals surface area (Å²) in [6, 6.07) is 17.6. The Hall–Kier alpha value is -4.47. The van der Waals surface area contributed by atoms with Gasteiger partial charge < -0.3 is 15.0 Å². The molecule has 0 saturated heterocycles. The van der Waals surface area contributed by atoms with E-state index in [1.807, 2.05) is 30.3 Å². The molecule has 1 amide bonds. The van der Waals surface area contributed by atoms with Crippen LogP contribution in [-0.4, -0.2) is 39.3 Å². The SMILES string of the molecule is CC(C)(Cc1ccc(-c2cccc(-n3cc(C(=O)NCC(F)(F)F)c(=O)c4cccnc43)c2)cc1)C(=O)O. The number of rotatable bonds is 7. The number of carbonyl (C=O) groups is 2. The third-order valence-electron chi connectivity index (χ3n) is 6.09. The van der Waals surface area contributed by atoms with Crippen molar-refractivity contribution in [2.24, 2.45) is 5.41 Å². The Morgan fingerprint density at radius 1 is 1.00 bits per heavy atom. The number of pyridine rings is 2. The highest BCUT2D eigenvalue weighted by molar-refractivity contribution is 5.97. The second-order valence-corrected chi connectivity index (χ2v) is 9.53. The summed E-state index contributed by atoms with van der Waals surface area (Å²) in [5.74, 6) is -2.02. The number of carbonyl (C=O) groups excluding carboxylic acids is 1. The summed E-state index contributed by atoms with van der Waals surface area (Å²) >= 11 is 0. The van der Waals surface area contributed by atoms with Crippen molar-refractivity contribution in [1.82, 2.24) is 14.9 Å². The van der Waals surface area contributed by atoms with Crippen LogP contribution in [0.3, 0.4) is 0 Å². The summed E-state index contributed by atoms with van der Waals surface area (Å²) in [5, 5.41) is 11.2. The van der Waals surface area contributed by atoms with Crippen molar-refractivity contribution in [1.29, 1.82) is 0 Å². The minimum Gasteiger partial charge on any atom is -0.481 e. The molecule has 0 unspecified atom stereocenters. The smallest absolute Gasteiger partial charge is 0.405 e. The van der Waals surface area contributed by atoms with Crippen LogP contribution in [0.2, 0.25) is 0 Å². The molecule has 7 nitrogen and oxygen atoms in total. The maximum atomic E-state index is 12.9. The van der Waals surface area contributed by atoms with Crippen LogP contribution in [0.4, 0.5) is 13.2 Å². The van der Waals surface area contributed by atoms with E-state index in [-0.39, 0.29) is 11.0 Å². The molecule has 38 heavy (non-hydrogen) atoms. The van der Waals surface area contributed by atoms with Gasteiger partial charge in [0.15, 0.2) is 0 Å². The van der Waals surface area contributed by atoms with Gasteiger partial charge in [0, 0.05) is 18.1 Å². The molecule has 2 aromatic heterocycles. The Kier molecular flexibility index (Phi) is 7.08. The Balaban J connectivity index is 1.73. The van der Waals surface area contributed by atoms with Crippen LogP contribution in [0.15, 0.2) is 77.9 Å². The van der Waals surface area contributed by atoms with Crippen molar-refractivity contribution >= 4 is 22.9 Å². The van der Waals surface area contributed by atoms with Crippen LogP contribution in [0, 0.1) is 5.41 Å². The quantitative estimate of drug-likeness (QED) is 0.355. The fraction of sp³-hybridized carbons (Fsp3) is 0.214. The predicted octanol–water partition coefficient (Wildman–Crippen LogP) is 5.00. The average molecular weight is 524 g/mol. The monoisotopic (exact) mass is 523 g/mol. The molecule has 10 heteroatoms. The van der Waals surface area contributed by atoms with Crippen LogP contribution < -0.4 is 10.7 Å². The molecule has 0 atom stereocenters. The fourth-order valence-electron chi connectivity index (χ4n) is 4.03. The molecule has 2 aromatic carbocycles. The molecule has 0 aliphatic heterocycles. The largest absolute Gasteiger partial charge is 0.481 e. The summed E-state index contributed by atoms with van der Waals surface area (Å²) in [7, 11) is 0. The Morgan fingerprint density at radius 3 is 2.37 bits per heavy atom. The van der Waals surface area contributed by atoms with E-state index in [4.69, 9.17) is 0 Å². The lowest BCUT2D eigenvalue weighted by atomic mass is 9.85. The number of carboxylic acids is 1. The van der Waals surface area contributed by atoms with Crippen LogP contribution in [0.1, 0.15) is 29.8 Å². The molecule has 0 aliphatic rings. The number of amides is 1. The zero-order valence-corrected chi connectivity index (χ0v) is 20.5. The van der Waals surface area contributed by atoms with E-state index < -0.39 is 41.0 Å². The van der Waals surface area contributed by atoms with Crippen molar-refractivity contribution < 1.29 is 27.9 Å². The van der Waals surface area contributed by atoms with Gasteiger partial charge in [0.25, 0.3) is 5.91 Å². The number of fused-ring (bicyclic) bond motifs is 1. The van der Waals surface area contributed by atoms with Gasteiger partial charge >= 0.3 is 12.1 Å². The first-order valence-electron chi connectivity index (χ1n) is 11.6. The molecule has 0 fully saturated rings. The van der Waals surface area contributed by atoms with Crippen molar-refractivity contribution in [2.45, 2.75) is 26.4 Å². The third-order valence-corrected chi connectivity index (χ3v) is 6.09. The lowest BCUT2D eigenvalue weighted by molar-refractivity contribution is -0.146. The van der Waals surface area contributed by atoms with E-state index in [0.29, 0.717) is 12.1 Å². The Morgan fingerprint density at radius 2 is 1.71 bits per heavy atom. The first-order valence-corrected chi connectivity index (χ1v) is 11.6. The van der Waals surface area contributed by atoms with Gasteiger partial charge in [-0.15, -0.1) is 0 Å². The van der Waals surface area contributed by atoms with Gasteiger partial charge in [-0.2, -0.15) is 13.2 Å². The van der Waals surface area contributed by atoms with E-state index in [9.17, 15) is 32.7 Å². The van der Waals surface area contributed by atoms with Crippen LogP contribution >= 0.6 is 0 Å². The normalized spacial score (nSPS) is 11.9. The summed E-state index contributed by atoms with van der Waals surface area (Å²) < 4.78 is 39.4. The number of halogens is 3. The average Bonchev–Trinajstić information content (AvgIpc) is 2.87.